The molecule has 1 saturated heterocycles. The lowest BCUT2D eigenvalue weighted by molar-refractivity contribution is 0.0543. The molecule has 5 nitrogen and oxygen atoms in total. The Balaban J connectivity index is 1.39. The van der Waals surface area contributed by atoms with Crippen molar-refractivity contribution in [1.29, 1.82) is 0 Å². The average Bonchev–Trinajstić information content (AvgIpc) is 3.29. The molecule has 1 aromatic carbocycles. The molecule has 2 heterocycles. The van der Waals surface area contributed by atoms with Gasteiger partial charge >= 0.3 is 6.03 Å². The highest BCUT2D eigenvalue weighted by Crippen LogP contribution is 2.30. The summed E-state index contributed by atoms with van der Waals surface area (Å²) in [5.74, 6) is 0.765. The highest BCUT2D eigenvalue weighted by Gasteiger charge is 2.29. The molecule has 23 heavy (non-hydrogen) atoms. The molecule has 1 aliphatic carbocycles. The van der Waals surface area contributed by atoms with Gasteiger partial charge in [-0.25, -0.2) is 4.79 Å². The average molecular weight is 311 g/mol. The molecule has 1 aliphatic heterocycles. The smallest absolute Gasteiger partial charge is 0.321 e. The van der Waals surface area contributed by atoms with Crippen molar-refractivity contribution in [2.75, 3.05) is 25.0 Å². The molecule has 0 radical (unpaired) electrons. The number of nitrogens with one attached hydrogen (secondary N) is 1. The molecular formula is C18H21N3O2. The van der Waals surface area contributed by atoms with Crippen molar-refractivity contribution >= 4 is 22.6 Å². The maximum Gasteiger partial charge on any atom is 0.321 e. The summed E-state index contributed by atoms with van der Waals surface area (Å²) in [5.41, 5.74) is 1.69. The van der Waals surface area contributed by atoms with Gasteiger partial charge in [0.2, 0.25) is 0 Å². The van der Waals surface area contributed by atoms with Crippen LogP contribution in [0.25, 0.3) is 10.9 Å². The van der Waals surface area contributed by atoms with E-state index in [1.165, 1.54) is 12.8 Å². The van der Waals surface area contributed by atoms with E-state index in [2.05, 4.69) is 10.3 Å². The van der Waals surface area contributed by atoms with E-state index >= 15 is 0 Å². The Labute approximate surface area is 135 Å². The van der Waals surface area contributed by atoms with Crippen LogP contribution in [0, 0.1) is 5.92 Å². The lowest BCUT2D eigenvalue weighted by Crippen LogP contribution is -2.34. The molecule has 4 rings (SSSR count). The number of amides is 2. The Kier molecular flexibility index (Phi) is 3.87. The van der Waals surface area contributed by atoms with Crippen molar-refractivity contribution < 1.29 is 9.53 Å². The maximum atomic E-state index is 12.5. The number of urea groups is 1. The lowest BCUT2D eigenvalue weighted by atomic mass is 10.2. The van der Waals surface area contributed by atoms with Gasteiger partial charge in [-0.2, -0.15) is 0 Å². The van der Waals surface area contributed by atoms with Gasteiger partial charge in [-0.1, -0.05) is 6.07 Å². The van der Waals surface area contributed by atoms with Gasteiger partial charge in [0.05, 0.1) is 17.3 Å². The standard InChI is InChI=1S/C18H21N3O2/c22-18(21-10-8-14(11-21)23-12-13-6-7-13)20-17-5-1-4-16-15(17)3-2-9-19-16/h1-5,9,13-14H,6-8,10-12H2,(H,20,22)/t14-/m0/s1. The highest BCUT2D eigenvalue weighted by molar-refractivity contribution is 6.00. The predicted molar refractivity (Wildman–Crippen MR) is 89.4 cm³/mol. The maximum absolute atomic E-state index is 12.5. The van der Waals surface area contributed by atoms with Crippen molar-refractivity contribution in [3.05, 3.63) is 36.5 Å². The number of carbonyl (C=O) groups excluding carboxylic acids is 1. The van der Waals surface area contributed by atoms with Crippen LogP contribution >= 0.6 is 0 Å². The van der Waals surface area contributed by atoms with Crippen LogP contribution < -0.4 is 5.32 Å². The minimum absolute atomic E-state index is 0.0566. The number of ether oxygens (including phenoxy) is 1. The molecule has 0 bridgehead atoms. The van der Waals surface area contributed by atoms with Crippen LogP contribution in [-0.2, 0) is 4.74 Å². The molecule has 120 valence electrons. The van der Waals surface area contributed by atoms with Crippen LogP contribution in [-0.4, -0.2) is 41.7 Å². The fraction of sp³-hybridized carbons (Fsp3) is 0.444. The number of nitrogens with zero attached hydrogens (tertiary/aromatic N) is 2. The molecule has 1 saturated carbocycles. The minimum Gasteiger partial charge on any atom is -0.376 e. The quantitative estimate of drug-likeness (QED) is 0.943. The van der Waals surface area contributed by atoms with E-state index in [9.17, 15) is 4.79 Å². The van der Waals surface area contributed by atoms with Crippen LogP contribution in [0.5, 0.6) is 0 Å². The van der Waals surface area contributed by atoms with Gasteiger partial charge in [0.25, 0.3) is 0 Å². The largest absolute Gasteiger partial charge is 0.376 e. The first-order valence-electron chi connectivity index (χ1n) is 8.31. The molecule has 1 atom stereocenters. The van der Waals surface area contributed by atoms with Crippen molar-refractivity contribution in [3.8, 4) is 0 Å². The number of aromatic nitrogens is 1. The summed E-state index contributed by atoms with van der Waals surface area (Å²) in [6, 6.07) is 9.58. The van der Waals surface area contributed by atoms with E-state index in [4.69, 9.17) is 4.74 Å². The third-order valence-electron chi connectivity index (χ3n) is 4.58. The topological polar surface area (TPSA) is 54.5 Å². The number of carbonyl (C=O) groups is 1. The van der Waals surface area contributed by atoms with E-state index in [0.717, 1.165) is 42.1 Å². The lowest BCUT2D eigenvalue weighted by Gasteiger charge is -2.18. The monoisotopic (exact) mass is 311 g/mol. The molecule has 2 fully saturated rings. The Morgan fingerprint density at radius 2 is 2.17 bits per heavy atom. The first-order valence-corrected chi connectivity index (χ1v) is 8.31. The molecule has 0 unspecified atom stereocenters. The molecule has 1 aromatic heterocycles. The first kappa shape index (κ1) is 14.5. The summed E-state index contributed by atoms with van der Waals surface area (Å²) in [6.07, 6.45) is 5.47. The van der Waals surface area contributed by atoms with Gasteiger partial charge in [0, 0.05) is 31.3 Å². The normalized spacial score (nSPS) is 20.9. The summed E-state index contributed by atoms with van der Waals surface area (Å²) in [7, 11) is 0. The second-order valence-electron chi connectivity index (χ2n) is 6.44. The van der Waals surface area contributed by atoms with Crippen molar-refractivity contribution in [2.45, 2.75) is 25.4 Å². The van der Waals surface area contributed by atoms with Gasteiger partial charge in [-0.15, -0.1) is 0 Å². The number of hydrogen-bond donors (Lipinski definition) is 1. The fourth-order valence-corrected chi connectivity index (χ4v) is 3.01. The second kappa shape index (κ2) is 6.16. The zero-order valence-corrected chi connectivity index (χ0v) is 13.1. The molecule has 1 N–H and O–H groups in total. The van der Waals surface area contributed by atoms with Crippen LogP contribution in [0.3, 0.4) is 0 Å². The Hall–Kier alpha value is -2.14. The number of benzene rings is 1. The number of hydrogen-bond acceptors (Lipinski definition) is 3. The number of pyridine rings is 1. The molecule has 5 heteroatoms. The summed E-state index contributed by atoms with van der Waals surface area (Å²) < 4.78 is 5.90. The van der Waals surface area contributed by atoms with Gasteiger partial charge in [-0.3, -0.25) is 4.98 Å². The van der Waals surface area contributed by atoms with Crippen molar-refractivity contribution in [1.82, 2.24) is 9.88 Å². The Bertz CT molecular complexity index is 709. The number of fused-ring (bicyclic) bond motifs is 1. The molecule has 2 aliphatic rings. The van der Waals surface area contributed by atoms with Gasteiger partial charge in [-0.05, 0) is 49.4 Å². The molecule has 2 aromatic rings. The van der Waals surface area contributed by atoms with Crippen LogP contribution in [0.15, 0.2) is 36.5 Å². The number of rotatable bonds is 4. The van der Waals surface area contributed by atoms with Crippen LogP contribution in [0.2, 0.25) is 0 Å². The Morgan fingerprint density at radius 1 is 1.26 bits per heavy atom. The highest BCUT2D eigenvalue weighted by atomic mass is 16.5. The van der Waals surface area contributed by atoms with Gasteiger partial charge in [0.15, 0.2) is 0 Å². The SMILES string of the molecule is O=C(Nc1cccc2ncccc12)N1CC[C@H](OCC2CC2)C1. The molecular weight excluding hydrogens is 290 g/mol. The van der Waals surface area contributed by atoms with Gasteiger partial charge < -0.3 is 15.0 Å². The van der Waals surface area contributed by atoms with E-state index in [-0.39, 0.29) is 12.1 Å². The zero-order chi connectivity index (χ0) is 15.6. The molecule has 2 amide bonds. The number of anilines is 1. The van der Waals surface area contributed by atoms with Crippen molar-refractivity contribution in [2.24, 2.45) is 5.92 Å². The second-order valence-corrected chi connectivity index (χ2v) is 6.44. The third kappa shape index (κ3) is 3.29. The van der Waals surface area contributed by atoms with E-state index < -0.39 is 0 Å². The first-order chi connectivity index (χ1) is 11.3. The van der Waals surface area contributed by atoms with E-state index in [1.54, 1.807) is 6.20 Å². The number of likely N-dealkylation sites (tertiary alicyclic amines) is 1. The summed E-state index contributed by atoms with van der Waals surface area (Å²) in [6.45, 7) is 2.29. The zero-order valence-electron chi connectivity index (χ0n) is 13.1. The van der Waals surface area contributed by atoms with E-state index in [1.807, 2.05) is 35.2 Å². The van der Waals surface area contributed by atoms with Crippen LogP contribution in [0.1, 0.15) is 19.3 Å². The summed E-state index contributed by atoms with van der Waals surface area (Å²) in [4.78, 5) is 18.7. The Morgan fingerprint density at radius 3 is 3.04 bits per heavy atom. The fourth-order valence-electron chi connectivity index (χ4n) is 3.01. The summed E-state index contributed by atoms with van der Waals surface area (Å²) in [5, 5.41) is 3.98. The third-order valence-corrected chi connectivity index (χ3v) is 4.58. The summed E-state index contributed by atoms with van der Waals surface area (Å²) >= 11 is 0. The van der Waals surface area contributed by atoms with Crippen molar-refractivity contribution in [3.63, 3.8) is 0 Å². The van der Waals surface area contributed by atoms with Gasteiger partial charge in [0.1, 0.15) is 0 Å². The van der Waals surface area contributed by atoms with Crippen LogP contribution in [0.4, 0.5) is 10.5 Å². The molecule has 0 spiro atoms. The predicted octanol–water partition coefficient (Wildman–Crippen LogP) is 3.27. The van der Waals surface area contributed by atoms with E-state index in [0.29, 0.717) is 6.54 Å². The minimum atomic E-state index is -0.0566.